The fourth-order valence-corrected chi connectivity index (χ4v) is 24.9. The Morgan fingerprint density at radius 1 is 0.857 bits per heavy atom. The minimum Gasteiger partial charge on any atom is -0.507 e. The molecule has 18 heteroatoms. The Bertz CT molecular complexity index is 4900. The number of nitrogens with two attached hydrogens (primary N) is 1. The molecular weight excluding hydrogens is 1230 g/mol. The zero-order valence-corrected chi connectivity index (χ0v) is 54.7. The highest BCUT2D eigenvalue weighted by molar-refractivity contribution is 6.34. The maximum atomic E-state index is 15.7. The van der Waals surface area contributed by atoms with Crippen molar-refractivity contribution in [2.45, 2.75) is 194 Å². The summed E-state index contributed by atoms with van der Waals surface area (Å²) in [5, 5.41) is 88.7. The Balaban J connectivity index is 0.848. The van der Waals surface area contributed by atoms with Gasteiger partial charge in [-0.3, -0.25) is 14.4 Å². The summed E-state index contributed by atoms with van der Waals surface area (Å²) in [5.41, 5.74) is 10.5. The number of fused-ring (bicyclic) bond motifs is 9. The number of carbonyl (C=O) groups is 3. The quantitative estimate of drug-likeness (QED) is 0.0718. The fraction of sp³-hybridized carbons (Fsp3) is 0.487. The summed E-state index contributed by atoms with van der Waals surface area (Å²) in [6, 6.07) is 12.8. The maximum absolute atomic E-state index is 15.7. The van der Waals surface area contributed by atoms with Crippen molar-refractivity contribution in [1.29, 1.82) is 0 Å². The van der Waals surface area contributed by atoms with E-state index in [4.69, 9.17) is 25.2 Å². The van der Waals surface area contributed by atoms with Crippen molar-refractivity contribution >= 4 is 51.7 Å². The number of ketones is 3. The molecule has 3 aromatic heterocycles. The number of rotatable bonds is 2. The van der Waals surface area contributed by atoms with Crippen LogP contribution in [-0.4, -0.2) is 116 Å². The summed E-state index contributed by atoms with van der Waals surface area (Å²) in [7, 11) is 0. The monoisotopic (exact) mass is 1310 g/mol. The van der Waals surface area contributed by atoms with Gasteiger partial charge in [-0.1, -0.05) is 61.1 Å². The Labute approximate surface area is 565 Å². The van der Waals surface area contributed by atoms with Crippen molar-refractivity contribution < 1.29 is 54.5 Å². The number of aliphatic hydroxyl groups excluding tert-OH is 5. The van der Waals surface area contributed by atoms with Crippen molar-refractivity contribution in [3.8, 4) is 23.3 Å². The lowest BCUT2D eigenvalue weighted by atomic mass is 9.39. The van der Waals surface area contributed by atoms with E-state index in [0.29, 0.717) is 97.4 Å². The summed E-state index contributed by atoms with van der Waals surface area (Å²) >= 11 is 0. The van der Waals surface area contributed by atoms with Crippen LogP contribution in [0, 0.1) is 58.2 Å². The molecule has 12 aliphatic carbocycles. The number of phenolic OH excluding ortho intramolecular Hbond substituents is 1. The van der Waals surface area contributed by atoms with Crippen LogP contribution >= 0.6 is 0 Å². The molecule has 6 aromatic rings. The third-order valence-electron chi connectivity index (χ3n) is 28.7. The summed E-state index contributed by atoms with van der Waals surface area (Å²) < 4.78 is 15.3. The molecule has 17 aliphatic rings. The van der Waals surface area contributed by atoms with Crippen LogP contribution in [0.2, 0.25) is 0 Å². The standard InChI is InChI=1S/C80H79N7O11/c1-38-26-49-55(52(89)27-38)63(92)58-53-31-48-46(56(58)62(49)91)14-25-83-71(48)84-35-54(90)77-21-10-40-6-4-17-75-18-5-7-42-32-76(20-11-44(88)30-43(76)29-39-8-9-45-41(28-39)13-24-82-70(45)81)66-67(86-37-85-66)79(42,75)65-47(12-19-75)57(59(40)77)61(87-65)50-33-78(97-53)68(94)64(93)69(95)80(98-78)60(50)51(77)34-74(72(80)96)23-22-73(36-74)15-2-3-16-73/h8-9,12-14,19,24-28,31,33,37,40,42-43,54,59,64,68-70,72,82,87,89-90,93-96H,2-3,5,7,10-11,15-18,20-23,29-30,32,34-36,81H2,1H3,(H,83,84)(H,85,86)/t40-,42+,43-,54+,59+,64-,68-,69+,70-,72-,74+,75+,76-,77-,78-,79-,80+/m1/s1. The first-order chi connectivity index (χ1) is 47.3. The second-order valence-electron chi connectivity index (χ2n) is 32.8. The van der Waals surface area contributed by atoms with Gasteiger partial charge in [-0.15, -0.1) is 5.92 Å². The predicted octanol–water partition coefficient (Wildman–Crippen LogP) is 9.46. The molecule has 98 heavy (non-hydrogen) atoms. The topological polar surface area (TPSA) is 298 Å². The zero-order valence-electron chi connectivity index (χ0n) is 54.7. The van der Waals surface area contributed by atoms with Crippen LogP contribution in [0.25, 0.3) is 28.5 Å². The number of nitrogens with zero attached hydrogens (tertiary/aromatic N) is 2. The number of aromatic nitrogens is 4. The molecule has 17 atom stereocenters. The molecule has 0 unspecified atom stereocenters. The minimum atomic E-state index is -2.56. The van der Waals surface area contributed by atoms with Gasteiger partial charge in [0.1, 0.15) is 41.5 Å². The minimum absolute atomic E-state index is 0.00315. The lowest BCUT2D eigenvalue weighted by molar-refractivity contribution is -0.366. The highest BCUT2D eigenvalue weighted by Gasteiger charge is 2.78. The Morgan fingerprint density at radius 2 is 1.72 bits per heavy atom. The summed E-state index contributed by atoms with van der Waals surface area (Å²) in [5.74, 6) is 3.07. The van der Waals surface area contributed by atoms with E-state index in [2.05, 4.69) is 68.9 Å². The summed E-state index contributed by atoms with van der Waals surface area (Å²) in [4.78, 5) is 64.0. The van der Waals surface area contributed by atoms with Gasteiger partial charge in [0.15, 0.2) is 17.5 Å². The number of aliphatic hydroxyl groups is 5. The van der Waals surface area contributed by atoms with Crippen LogP contribution < -0.4 is 21.1 Å². The Morgan fingerprint density at radius 3 is 2.59 bits per heavy atom. The zero-order chi connectivity index (χ0) is 66.3. The number of anilines is 1. The van der Waals surface area contributed by atoms with Crippen molar-refractivity contribution in [3.63, 3.8) is 0 Å². The van der Waals surface area contributed by atoms with Crippen LogP contribution in [0.15, 0.2) is 84.5 Å². The first-order valence-corrected chi connectivity index (χ1v) is 36.0. The number of hydrogen-bond donors (Lipinski definition) is 11. The number of Topliss-reactive ketones (excluding diaryl/α,β-unsaturated/α-hetero) is 1. The van der Waals surface area contributed by atoms with Crippen LogP contribution in [0.5, 0.6) is 11.5 Å². The molecule has 12 bridgehead atoms. The molecule has 0 radical (unpaired) electrons. The molecule has 5 saturated carbocycles. The van der Waals surface area contributed by atoms with Gasteiger partial charge in [0, 0.05) is 98.8 Å². The highest BCUT2D eigenvalue weighted by atomic mass is 16.7. The largest absolute Gasteiger partial charge is 0.507 e. The molecule has 0 amide bonds. The van der Waals surface area contributed by atoms with Gasteiger partial charge in [0.25, 0.3) is 5.79 Å². The average Bonchev–Trinajstić information content (AvgIpc) is 1.39. The van der Waals surface area contributed by atoms with E-state index in [1.54, 1.807) is 37.4 Å². The van der Waals surface area contributed by atoms with E-state index in [0.717, 1.165) is 108 Å². The molecule has 500 valence electrons. The number of hydrogen-bond acceptors (Lipinski definition) is 16. The van der Waals surface area contributed by atoms with Gasteiger partial charge in [0.2, 0.25) is 5.78 Å². The number of allylic oxidation sites excluding steroid dienone is 1. The second-order valence-corrected chi connectivity index (χ2v) is 32.8. The molecular formula is C80H79N7O11. The molecule has 8 spiro atoms. The normalized spacial score (nSPS) is 39.3. The van der Waals surface area contributed by atoms with Crippen molar-refractivity contribution in [1.82, 2.24) is 25.3 Å². The third kappa shape index (κ3) is 6.89. The van der Waals surface area contributed by atoms with Gasteiger partial charge in [-0.2, -0.15) is 0 Å². The van der Waals surface area contributed by atoms with Gasteiger partial charge in [0.05, 0.1) is 52.2 Å². The molecule has 5 aliphatic heterocycles. The number of phenols is 1. The number of aromatic amines is 2. The van der Waals surface area contributed by atoms with Gasteiger partial charge < -0.3 is 66.4 Å². The Kier molecular flexibility index (Phi) is 11.6. The number of aryl methyl sites for hydroxylation is 1. The Hall–Kier alpha value is -7.99. The van der Waals surface area contributed by atoms with Crippen LogP contribution in [0.1, 0.15) is 216 Å². The molecule has 23 rings (SSSR count). The van der Waals surface area contributed by atoms with E-state index in [1.165, 1.54) is 6.07 Å². The van der Waals surface area contributed by atoms with Gasteiger partial charge in [-0.05, 0) is 189 Å². The predicted molar refractivity (Wildman–Crippen MR) is 361 cm³/mol. The molecule has 3 aromatic carbocycles. The van der Waals surface area contributed by atoms with E-state index in [9.17, 15) is 35.4 Å². The van der Waals surface area contributed by atoms with E-state index in [-0.39, 0.29) is 75.5 Å². The number of ether oxygens (including phenoxy) is 2. The average molecular weight is 1310 g/mol. The van der Waals surface area contributed by atoms with Crippen LogP contribution in [0.3, 0.4) is 0 Å². The van der Waals surface area contributed by atoms with E-state index < -0.39 is 92.2 Å². The smallest absolute Gasteiger partial charge is 0.261 e. The summed E-state index contributed by atoms with van der Waals surface area (Å²) in [6.07, 6.45) is 18.1. The fourth-order valence-electron chi connectivity index (χ4n) is 24.9. The lowest BCUT2D eigenvalue weighted by Gasteiger charge is -2.64. The third-order valence-corrected chi connectivity index (χ3v) is 28.7. The van der Waals surface area contributed by atoms with Gasteiger partial charge >= 0.3 is 0 Å². The van der Waals surface area contributed by atoms with E-state index in [1.807, 2.05) is 12.5 Å². The van der Waals surface area contributed by atoms with E-state index >= 15 is 9.59 Å². The lowest BCUT2D eigenvalue weighted by Crippen LogP contribution is -2.79. The number of H-pyrrole nitrogens is 2. The number of aromatic hydroxyl groups is 1. The van der Waals surface area contributed by atoms with Gasteiger partial charge in [-0.25, -0.2) is 9.97 Å². The number of nitrogens with one attached hydrogen (secondary N) is 4. The molecule has 6 fully saturated rings. The molecule has 1 saturated heterocycles. The number of pyridine rings is 1. The molecule has 18 nitrogen and oxygen atoms in total. The van der Waals surface area contributed by atoms with Crippen molar-refractivity contribution in [2.75, 3.05) is 11.9 Å². The first kappa shape index (κ1) is 58.9. The van der Waals surface area contributed by atoms with Crippen LogP contribution in [0.4, 0.5) is 5.82 Å². The number of imidazole rings is 1. The first-order valence-electron chi connectivity index (χ1n) is 36.0. The molecule has 8 heterocycles. The SMILES string of the molecule is Cc1cc(O)c2c(c1)C(=O)c1c(c3cc4c(nccc14)NC[C@H](O)[C@]14CC[C@H]5C#CC[C@]67C=Cc8c([nH]c(c8[C@H]51)C1=C[C@@]5(O3)O[C@@]3(C1=C4C[C@]1(CCC4(CCCC4)C1)[C@H]3O)[C@@H](O)[C@H](O)[C@H]5O)[C@]61c3[nH]cnc3[C@]3(CCC(=O)C[C@H]3Cc3ccc4c(c3)C=CN[C@H]4N)C[C@@H]1CCC7)C2=O. The van der Waals surface area contributed by atoms with Crippen molar-refractivity contribution in [3.05, 3.63) is 163 Å². The second kappa shape index (κ2) is 19.3. The molecule has 12 N–H and O–H groups in total. The summed E-state index contributed by atoms with van der Waals surface area (Å²) in [6.45, 7) is 1.66. The number of carbonyl (C=O) groups excluding carboxylic acids is 3. The van der Waals surface area contributed by atoms with Crippen LogP contribution in [-0.2, 0) is 26.8 Å². The van der Waals surface area contributed by atoms with Crippen molar-refractivity contribution in [2.24, 2.45) is 45.1 Å². The maximum Gasteiger partial charge on any atom is 0.261 e. The highest BCUT2D eigenvalue weighted by Crippen LogP contribution is 2.77. The number of benzene rings is 3.